The summed E-state index contributed by atoms with van der Waals surface area (Å²) >= 11 is 0. The van der Waals surface area contributed by atoms with E-state index in [0.717, 1.165) is 43.1 Å². The van der Waals surface area contributed by atoms with Gasteiger partial charge < -0.3 is 19.9 Å². The van der Waals surface area contributed by atoms with Crippen LogP contribution >= 0.6 is 12.4 Å². The van der Waals surface area contributed by atoms with Crippen molar-refractivity contribution in [2.24, 2.45) is 11.7 Å². The third-order valence-corrected chi connectivity index (χ3v) is 3.65. The van der Waals surface area contributed by atoms with Gasteiger partial charge in [0.25, 0.3) is 0 Å². The molecule has 114 valence electrons. The summed E-state index contributed by atoms with van der Waals surface area (Å²) in [5.41, 5.74) is 7.48. The number of halogens is 1. The Morgan fingerprint density at radius 1 is 1.30 bits per heavy atom. The fraction of sp³-hybridized carbons (Fsp3) is 0.600. The van der Waals surface area contributed by atoms with Gasteiger partial charge in [0.15, 0.2) is 11.5 Å². The molecule has 1 saturated heterocycles. The van der Waals surface area contributed by atoms with Crippen LogP contribution in [0, 0.1) is 5.92 Å². The number of ether oxygens (including phenoxy) is 3. The second kappa shape index (κ2) is 8.35. The molecule has 1 aliphatic rings. The Kier molecular flexibility index (Phi) is 7.13. The van der Waals surface area contributed by atoms with Gasteiger partial charge in [-0.25, -0.2) is 0 Å². The zero-order valence-electron chi connectivity index (χ0n) is 12.1. The Balaban J connectivity index is 0.00000200. The summed E-state index contributed by atoms with van der Waals surface area (Å²) < 4.78 is 16.3. The Morgan fingerprint density at radius 2 is 2.00 bits per heavy atom. The molecule has 0 amide bonds. The van der Waals surface area contributed by atoms with Gasteiger partial charge in [-0.3, -0.25) is 0 Å². The molecule has 1 aromatic carbocycles. The zero-order valence-corrected chi connectivity index (χ0v) is 12.9. The SMILES string of the molecule is CCOc1cc([C@H](N)C2CCOCC2)ccc1OC.Cl. The molecule has 1 aliphatic heterocycles. The van der Waals surface area contributed by atoms with Gasteiger partial charge in [-0.15, -0.1) is 12.4 Å². The highest BCUT2D eigenvalue weighted by molar-refractivity contribution is 5.85. The van der Waals surface area contributed by atoms with E-state index in [-0.39, 0.29) is 18.4 Å². The highest BCUT2D eigenvalue weighted by atomic mass is 35.5. The van der Waals surface area contributed by atoms with Gasteiger partial charge in [-0.2, -0.15) is 0 Å². The van der Waals surface area contributed by atoms with E-state index in [1.807, 2.05) is 25.1 Å². The van der Waals surface area contributed by atoms with Gasteiger partial charge in [0.05, 0.1) is 13.7 Å². The smallest absolute Gasteiger partial charge is 0.161 e. The van der Waals surface area contributed by atoms with Crippen LogP contribution in [0.1, 0.15) is 31.4 Å². The molecule has 0 spiro atoms. The molecule has 1 atom stereocenters. The predicted molar refractivity (Wildman–Crippen MR) is 81.9 cm³/mol. The highest BCUT2D eigenvalue weighted by Gasteiger charge is 2.23. The third kappa shape index (κ3) is 4.01. The normalized spacial score (nSPS) is 17.1. The Bertz CT molecular complexity index is 408. The fourth-order valence-corrected chi connectivity index (χ4v) is 2.52. The average molecular weight is 302 g/mol. The lowest BCUT2D eigenvalue weighted by Crippen LogP contribution is -2.27. The van der Waals surface area contributed by atoms with Crippen molar-refractivity contribution in [3.8, 4) is 11.5 Å². The van der Waals surface area contributed by atoms with Gasteiger partial charge in [0.2, 0.25) is 0 Å². The summed E-state index contributed by atoms with van der Waals surface area (Å²) in [7, 11) is 1.65. The van der Waals surface area contributed by atoms with Crippen LogP contribution in [-0.4, -0.2) is 26.9 Å². The molecule has 0 aliphatic carbocycles. The highest BCUT2D eigenvalue weighted by Crippen LogP contribution is 2.34. The Labute approximate surface area is 127 Å². The minimum atomic E-state index is 0. The molecule has 20 heavy (non-hydrogen) atoms. The summed E-state index contributed by atoms with van der Waals surface area (Å²) in [6.45, 7) is 4.20. The third-order valence-electron chi connectivity index (χ3n) is 3.65. The fourth-order valence-electron chi connectivity index (χ4n) is 2.52. The molecule has 1 fully saturated rings. The summed E-state index contributed by atoms with van der Waals surface area (Å²) in [4.78, 5) is 0. The van der Waals surface area contributed by atoms with Crippen molar-refractivity contribution in [2.75, 3.05) is 26.9 Å². The molecule has 0 saturated carbocycles. The number of hydrogen-bond acceptors (Lipinski definition) is 4. The van der Waals surface area contributed by atoms with Crippen molar-refractivity contribution >= 4 is 12.4 Å². The first kappa shape index (κ1) is 17.1. The quantitative estimate of drug-likeness (QED) is 0.908. The van der Waals surface area contributed by atoms with E-state index in [1.54, 1.807) is 7.11 Å². The van der Waals surface area contributed by atoms with Crippen LogP contribution in [0.15, 0.2) is 18.2 Å². The van der Waals surface area contributed by atoms with Gasteiger partial charge >= 0.3 is 0 Å². The van der Waals surface area contributed by atoms with Crippen molar-refractivity contribution in [1.82, 2.24) is 0 Å². The summed E-state index contributed by atoms with van der Waals surface area (Å²) in [5.74, 6) is 2.01. The lowest BCUT2D eigenvalue weighted by atomic mass is 9.87. The molecule has 1 heterocycles. The summed E-state index contributed by atoms with van der Waals surface area (Å²) in [6.07, 6.45) is 2.05. The average Bonchev–Trinajstić information content (AvgIpc) is 2.47. The van der Waals surface area contributed by atoms with Crippen LogP contribution in [0.2, 0.25) is 0 Å². The molecule has 0 aromatic heterocycles. The van der Waals surface area contributed by atoms with E-state index in [4.69, 9.17) is 19.9 Å². The van der Waals surface area contributed by atoms with E-state index < -0.39 is 0 Å². The lowest BCUT2D eigenvalue weighted by molar-refractivity contribution is 0.0583. The molecule has 2 rings (SSSR count). The van der Waals surface area contributed by atoms with Crippen molar-refractivity contribution < 1.29 is 14.2 Å². The van der Waals surface area contributed by atoms with Crippen LogP contribution in [0.3, 0.4) is 0 Å². The van der Waals surface area contributed by atoms with E-state index in [2.05, 4.69) is 0 Å². The number of methoxy groups -OCH3 is 1. The molecule has 0 unspecified atom stereocenters. The first-order valence-electron chi connectivity index (χ1n) is 6.90. The monoisotopic (exact) mass is 301 g/mol. The first-order chi connectivity index (χ1) is 9.26. The van der Waals surface area contributed by atoms with Crippen LogP contribution < -0.4 is 15.2 Å². The molecular formula is C15H24ClNO3. The van der Waals surface area contributed by atoms with Crippen LogP contribution in [0.5, 0.6) is 11.5 Å². The minimum absolute atomic E-state index is 0. The molecule has 0 radical (unpaired) electrons. The number of nitrogens with two attached hydrogens (primary N) is 1. The zero-order chi connectivity index (χ0) is 13.7. The molecule has 0 bridgehead atoms. The summed E-state index contributed by atoms with van der Waals surface area (Å²) in [6, 6.07) is 6.00. The number of benzene rings is 1. The minimum Gasteiger partial charge on any atom is -0.493 e. The van der Waals surface area contributed by atoms with Crippen LogP contribution in [0.25, 0.3) is 0 Å². The van der Waals surface area contributed by atoms with Crippen molar-refractivity contribution in [3.05, 3.63) is 23.8 Å². The van der Waals surface area contributed by atoms with Gasteiger partial charge in [0.1, 0.15) is 0 Å². The maximum Gasteiger partial charge on any atom is 0.161 e. The first-order valence-corrected chi connectivity index (χ1v) is 6.90. The molecular weight excluding hydrogens is 278 g/mol. The topological polar surface area (TPSA) is 53.7 Å². The second-order valence-electron chi connectivity index (χ2n) is 4.82. The molecule has 2 N–H and O–H groups in total. The van der Waals surface area contributed by atoms with Crippen LogP contribution in [0.4, 0.5) is 0 Å². The van der Waals surface area contributed by atoms with Gasteiger partial charge in [0, 0.05) is 19.3 Å². The van der Waals surface area contributed by atoms with Crippen LogP contribution in [-0.2, 0) is 4.74 Å². The maximum absolute atomic E-state index is 6.37. The summed E-state index contributed by atoms with van der Waals surface area (Å²) in [5, 5.41) is 0. The second-order valence-corrected chi connectivity index (χ2v) is 4.82. The largest absolute Gasteiger partial charge is 0.493 e. The Morgan fingerprint density at radius 3 is 2.60 bits per heavy atom. The maximum atomic E-state index is 6.37. The van der Waals surface area contributed by atoms with Crippen molar-refractivity contribution in [1.29, 1.82) is 0 Å². The van der Waals surface area contributed by atoms with Crippen molar-refractivity contribution in [2.45, 2.75) is 25.8 Å². The number of hydrogen-bond donors (Lipinski definition) is 1. The van der Waals surface area contributed by atoms with E-state index in [1.165, 1.54) is 0 Å². The van der Waals surface area contributed by atoms with Gasteiger partial charge in [-0.05, 0) is 43.4 Å². The lowest BCUT2D eigenvalue weighted by Gasteiger charge is -2.28. The number of rotatable bonds is 5. The van der Waals surface area contributed by atoms with E-state index in [9.17, 15) is 0 Å². The predicted octanol–water partition coefficient (Wildman–Crippen LogP) is 2.94. The molecule has 5 heteroatoms. The van der Waals surface area contributed by atoms with Gasteiger partial charge in [-0.1, -0.05) is 6.07 Å². The molecule has 1 aromatic rings. The standard InChI is InChI=1S/C15H23NO3.ClH/c1-3-19-14-10-12(4-5-13(14)17-2)15(16)11-6-8-18-9-7-11;/h4-5,10-11,15H,3,6-9,16H2,1-2H3;1H/t15-;/m1./s1. The van der Waals surface area contributed by atoms with E-state index >= 15 is 0 Å². The van der Waals surface area contributed by atoms with Crippen molar-refractivity contribution in [3.63, 3.8) is 0 Å². The molecule has 4 nitrogen and oxygen atoms in total. The van der Waals surface area contributed by atoms with E-state index in [0.29, 0.717) is 12.5 Å². The Hall–Kier alpha value is -0.970.